The van der Waals surface area contributed by atoms with Gasteiger partial charge in [0.2, 0.25) is 0 Å². The van der Waals surface area contributed by atoms with Gasteiger partial charge in [-0.3, -0.25) is 9.48 Å². The third kappa shape index (κ3) is 4.68. The Hall–Kier alpha value is -4.42. The summed E-state index contributed by atoms with van der Waals surface area (Å²) in [4.78, 5) is 40.0. The van der Waals surface area contributed by atoms with Crippen LogP contribution in [0.4, 0.5) is 14.6 Å². The molecule has 13 heteroatoms. The van der Waals surface area contributed by atoms with Crippen molar-refractivity contribution in [2.75, 3.05) is 5.32 Å². The van der Waals surface area contributed by atoms with E-state index in [4.69, 9.17) is 0 Å². The Morgan fingerprint density at radius 2 is 1.95 bits per heavy atom. The summed E-state index contributed by atoms with van der Waals surface area (Å²) in [5, 5.41) is 27.3. The minimum absolute atomic E-state index is 0.0374. The molecule has 2 bridgehead atoms. The van der Waals surface area contributed by atoms with Gasteiger partial charge in [-0.2, -0.15) is 5.10 Å². The number of carbonyl (C=O) groups is 2. The van der Waals surface area contributed by atoms with Gasteiger partial charge in [-0.1, -0.05) is 12.8 Å². The number of nitrogens with one attached hydrogen (secondary N) is 2. The van der Waals surface area contributed by atoms with E-state index < -0.39 is 41.1 Å². The van der Waals surface area contributed by atoms with Gasteiger partial charge in [-0.05, 0) is 51.0 Å². The first-order valence-corrected chi connectivity index (χ1v) is 13.5. The van der Waals surface area contributed by atoms with Crippen molar-refractivity contribution in [1.29, 1.82) is 0 Å². The third-order valence-corrected chi connectivity index (χ3v) is 8.51. The van der Waals surface area contributed by atoms with Crippen molar-refractivity contribution in [3.63, 3.8) is 0 Å². The van der Waals surface area contributed by atoms with Crippen LogP contribution in [0.5, 0.6) is 0 Å². The van der Waals surface area contributed by atoms with E-state index in [-0.39, 0.29) is 28.8 Å². The number of anilines is 1. The predicted octanol–water partition coefficient (Wildman–Crippen LogP) is 4.67. The molecular weight excluding hydrogens is 536 g/mol. The normalized spacial score (nSPS) is 22.5. The smallest absolute Gasteiger partial charge is 0.331 e. The zero-order valence-electron chi connectivity index (χ0n) is 22.4. The molecule has 2 saturated carbocycles. The van der Waals surface area contributed by atoms with Gasteiger partial charge in [0.15, 0.2) is 23.0 Å². The van der Waals surface area contributed by atoms with Crippen LogP contribution in [0.15, 0.2) is 30.9 Å². The molecule has 4 heterocycles. The summed E-state index contributed by atoms with van der Waals surface area (Å²) in [6, 6.07) is 0.718. The van der Waals surface area contributed by atoms with Gasteiger partial charge < -0.3 is 20.5 Å². The molecule has 0 radical (unpaired) electrons. The van der Waals surface area contributed by atoms with Gasteiger partial charge in [0.1, 0.15) is 17.2 Å². The summed E-state index contributed by atoms with van der Waals surface area (Å²) < 4.78 is 31.6. The zero-order chi connectivity index (χ0) is 29.1. The molecule has 0 aliphatic heterocycles. The molecule has 11 nitrogen and oxygen atoms in total. The maximum atomic E-state index is 16.3. The van der Waals surface area contributed by atoms with E-state index >= 15 is 4.39 Å². The Morgan fingerprint density at radius 1 is 1.15 bits per heavy atom. The van der Waals surface area contributed by atoms with Crippen molar-refractivity contribution in [1.82, 2.24) is 29.7 Å². The zero-order valence-corrected chi connectivity index (χ0v) is 22.4. The first-order chi connectivity index (χ1) is 19.5. The topological polar surface area (TPSA) is 159 Å². The van der Waals surface area contributed by atoms with Crippen LogP contribution in [-0.4, -0.2) is 57.9 Å². The lowest BCUT2D eigenvalue weighted by atomic mass is 9.65. The van der Waals surface area contributed by atoms with Crippen molar-refractivity contribution in [2.45, 2.75) is 57.5 Å². The Labute approximate surface area is 233 Å². The highest BCUT2D eigenvalue weighted by Gasteiger charge is 2.44. The fourth-order valence-electron chi connectivity index (χ4n) is 6.20. The van der Waals surface area contributed by atoms with Crippen LogP contribution in [0, 0.1) is 29.4 Å². The molecule has 4 N–H and O–H groups in total. The summed E-state index contributed by atoms with van der Waals surface area (Å²) in [5.41, 5.74) is -0.629. The van der Waals surface area contributed by atoms with Crippen LogP contribution >= 0.6 is 0 Å². The molecule has 4 aromatic rings. The van der Waals surface area contributed by atoms with E-state index in [0.29, 0.717) is 28.9 Å². The number of hydrogen-bond donors (Lipinski definition) is 4. The molecular formula is C28H29F2N7O4. The predicted molar refractivity (Wildman–Crippen MR) is 144 cm³/mol. The average molecular weight is 566 g/mol. The van der Waals surface area contributed by atoms with Crippen LogP contribution in [0.2, 0.25) is 0 Å². The molecule has 2 unspecified atom stereocenters. The van der Waals surface area contributed by atoms with E-state index in [1.807, 2.05) is 0 Å². The Kier molecular flexibility index (Phi) is 6.46. The van der Waals surface area contributed by atoms with Crippen molar-refractivity contribution in [2.24, 2.45) is 17.8 Å². The van der Waals surface area contributed by atoms with Crippen molar-refractivity contribution in [3.8, 4) is 22.6 Å². The van der Waals surface area contributed by atoms with Crippen LogP contribution in [0.3, 0.4) is 0 Å². The van der Waals surface area contributed by atoms with Crippen LogP contribution in [-0.2, 0) is 15.1 Å². The number of H-pyrrole nitrogens is 1. The Morgan fingerprint density at radius 3 is 2.71 bits per heavy atom. The van der Waals surface area contributed by atoms with E-state index in [2.05, 4.69) is 30.4 Å². The summed E-state index contributed by atoms with van der Waals surface area (Å²) in [6.45, 7) is 2.92. The fraction of sp³-hybridized carbons (Fsp3) is 0.429. The number of aliphatic carboxylic acids is 2. The maximum absolute atomic E-state index is 16.3. The monoisotopic (exact) mass is 565 g/mol. The number of carboxylic acid groups (broad SMARTS) is 2. The Bertz CT molecular complexity index is 1670. The van der Waals surface area contributed by atoms with E-state index in [9.17, 15) is 24.2 Å². The molecule has 0 saturated heterocycles. The number of aromatic amines is 1. The number of fused-ring (bicyclic) bond motifs is 3. The molecule has 2 fully saturated rings. The molecule has 0 spiro atoms. The summed E-state index contributed by atoms with van der Waals surface area (Å²) in [5.74, 6) is -3.96. The van der Waals surface area contributed by atoms with Gasteiger partial charge in [-0.25, -0.2) is 28.5 Å². The number of pyridine rings is 1. The number of nitrogens with zero attached hydrogens (tertiary/aromatic N) is 5. The highest BCUT2D eigenvalue weighted by molar-refractivity contribution is 5.92. The second-order valence-corrected chi connectivity index (χ2v) is 11.5. The summed E-state index contributed by atoms with van der Waals surface area (Å²) in [6.07, 6.45) is 9.47. The molecule has 0 amide bonds. The molecule has 0 aromatic carbocycles. The molecule has 6 rings (SSSR count). The molecule has 2 aliphatic carbocycles. The SMILES string of the molecule is CC(C)(C(=O)O)n1cc(-c2nc(-c3c[nH]c4ncc(F)cc34)nc(N[C@H]3C4CCCC(C4)C[C@@H]3C(=O)O)c2F)cn1. The summed E-state index contributed by atoms with van der Waals surface area (Å²) in [7, 11) is 0. The van der Waals surface area contributed by atoms with Gasteiger partial charge in [-0.15, -0.1) is 0 Å². The highest BCUT2D eigenvalue weighted by atomic mass is 19.1. The minimum Gasteiger partial charge on any atom is -0.481 e. The molecule has 4 atom stereocenters. The maximum Gasteiger partial charge on any atom is 0.331 e. The number of rotatable bonds is 7. The van der Waals surface area contributed by atoms with Gasteiger partial charge in [0.25, 0.3) is 0 Å². The Balaban J connectivity index is 1.49. The highest BCUT2D eigenvalue weighted by Crippen LogP contribution is 2.44. The number of hydrogen-bond acceptors (Lipinski definition) is 7. The molecule has 2 aliphatic rings. The lowest BCUT2D eigenvalue weighted by Crippen LogP contribution is -2.47. The number of aromatic nitrogens is 6. The summed E-state index contributed by atoms with van der Waals surface area (Å²) >= 11 is 0. The quantitative estimate of drug-likeness (QED) is 0.250. The van der Waals surface area contributed by atoms with Gasteiger partial charge in [0.05, 0.1) is 18.3 Å². The van der Waals surface area contributed by atoms with Crippen LogP contribution in [0.25, 0.3) is 33.7 Å². The third-order valence-electron chi connectivity index (χ3n) is 8.51. The number of carboxylic acids is 2. The molecule has 41 heavy (non-hydrogen) atoms. The lowest BCUT2D eigenvalue weighted by molar-refractivity contribution is -0.146. The number of halogens is 2. The molecule has 4 aromatic heterocycles. The van der Waals surface area contributed by atoms with E-state index in [1.54, 1.807) is 6.20 Å². The van der Waals surface area contributed by atoms with Gasteiger partial charge >= 0.3 is 11.9 Å². The largest absolute Gasteiger partial charge is 0.481 e. The van der Waals surface area contributed by atoms with E-state index in [1.165, 1.54) is 37.0 Å². The second kappa shape index (κ2) is 9.89. The van der Waals surface area contributed by atoms with Crippen molar-refractivity contribution >= 4 is 28.8 Å². The average Bonchev–Trinajstić information content (AvgIpc) is 3.59. The van der Waals surface area contributed by atoms with Crippen molar-refractivity contribution in [3.05, 3.63) is 42.5 Å². The molecule has 214 valence electrons. The van der Waals surface area contributed by atoms with Gasteiger partial charge in [0, 0.05) is 34.9 Å². The standard InChI is InChI=1S/C28H29F2N7O4/c1-28(2,27(40)41)37-12-15(9-33-37)22-20(30)25(34-21-14-5-3-4-13(6-14)7-18(21)26(38)39)36-24(35-22)19-11-32-23-17(19)8-16(29)10-31-23/h8-14,18,21H,3-7H2,1-2H3,(H,31,32)(H,38,39)(H,40,41)(H,34,35,36)/t13?,14?,18-,21-/m0/s1. The first kappa shape index (κ1) is 26.8. The second-order valence-electron chi connectivity index (χ2n) is 11.5. The van der Waals surface area contributed by atoms with E-state index in [0.717, 1.165) is 31.9 Å². The van der Waals surface area contributed by atoms with Crippen LogP contribution < -0.4 is 5.32 Å². The van der Waals surface area contributed by atoms with Crippen molar-refractivity contribution < 1.29 is 28.6 Å². The minimum atomic E-state index is -1.42. The fourth-order valence-corrected chi connectivity index (χ4v) is 6.20. The lowest BCUT2D eigenvalue weighted by Gasteiger charge is -2.44. The van der Waals surface area contributed by atoms with Crippen LogP contribution in [0.1, 0.15) is 46.0 Å². The first-order valence-electron chi connectivity index (χ1n) is 13.5.